The van der Waals surface area contributed by atoms with Crippen molar-refractivity contribution in [3.8, 4) is 0 Å². The summed E-state index contributed by atoms with van der Waals surface area (Å²) in [5, 5.41) is 2.94. The highest BCUT2D eigenvalue weighted by molar-refractivity contribution is 5.93. The second kappa shape index (κ2) is 4.58. The first-order valence-corrected chi connectivity index (χ1v) is 3.00. The SMILES string of the molecule is C/C=C(\CC)C(=O)N=[N+]=[N-]. The molecule has 4 heteroatoms. The molecule has 0 bridgehead atoms. The minimum atomic E-state index is -0.479. The second-order valence-electron chi connectivity index (χ2n) is 1.66. The topological polar surface area (TPSA) is 65.8 Å². The van der Waals surface area contributed by atoms with Crippen molar-refractivity contribution in [1.82, 2.24) is 0 Å². The summed E-state index contributed by atoms with van der Waals surface area (Å²) in [6.07, 6.45) is 2.26. The number of allylic oxidation sites excluding steroid dienone is 1. The molecule has 0 aromatic carbocycles. The minimum Gasteiger partial charge on any atom is -0.287 e. The lowest BCUT2D eigenvalue weighted by atomic mass is 10.2. The van der Waals surface area contributed by atoms with Crippen molar-refractivity contribution in [2.75, 3.05) is 0 Å². The Morgan fingerprint density at radius 1 is 1.80 bits per heavy atom. The van der Waals surface area contributed by atoms with E-state index in [4.69, 9.17) is 5.53 Å². The Morgan fingerprint density at radius 2 is 2.40 bits per heavy atom. The summed E-state index contributed by atoms with van der Waals surface area (Å²) in [6.45, 7) is 3.57. The van der Waals surface area contributed by atoms with Gasteiger partial charge in [-0.15, -0.1) is 0 Å². The first-order chi connectivity index (χ1) is 4.76. The maximum atomic E-state index is 10.7. The van der Waals surface area contributed by atoms with Gasteiger partial charge in [0, 0.05) is 4.91 Å². The fraction of sp³-hybridized carbons (Fsp3) is 0.500. The third-order valence-electron chi connectivity index (χ3n) is 1.14. The molecule has 54 valence electrons. The van der Waals surface area contributed by atoms with Gasteiger partial charge in [0.15, 0.2) is 0 Å². The van der Waals surface area contributed by atoms with E-state index in [1.165, 1.54) is 0 Å². The third kappa shape index (κ3) is 2.33. The van der Waals surface area contributed by atoms with E-state index in [9.17, 15) is 4.79 Å². The zero-order valence-electron chi connectivity index (χ0n) is 6.03. The van der Waals surface area contributed by atoms with Gasteiger partial charge in [-0.3, -0.25) is 4.79 Å². The number of carbonyl (C=O) groups is 1. The van der Waals surface area contributed by atoms with E-state index in [0.29, 0.717) is 12.0 Å². The van der Waals surface area contributed by atoms with E-state index < -0.39 is 5.91 Å². The highest BCUT2D eigenvalue weighted by Gasteiger charge is 2.00. The summed E-state index contributed by atoms with van der Waals surface area (Å²) < 4.78 is 0. The van der Waals surface area contributed by atoms with Crippen LogP contribution in [0.15, 0.2) is 16.8 Å². The van der Waals surface area contributed by atoms with Crippen LogP contribution >= 0.6 is 0 Å². The van der Waals surface area contributed by atoms with Gasteiger partial charge in [0.25, 0.3) is 0 Å². The normalized spacial score (nSPS) is 10.4. The first kappa shape index (κ1) is 8.72. The Bertz CT molecular complexity index is 201. The van der Waals surface area contributed by atoms with Crippen LogP contribution in [0.1, 0.15) is 20.3 Å². The molecule has 0 fully saturated rings. The van der Waals surface area contributed by atoms with E-state index in [-0.39, 0.29) is 0 Å². The summed E-state index contributed by atoms with van der Waals surface area (Å²) in [7, 11) is 0. The molecule has 0 aromatic heterocycles. The molecule has 0 aliphatic carbocycles. The molecule has 10 heavy (non-hydrogen) atoms. The molecule has 0 aliphatic rings. The molecule has 0 saturated heterocycles. The van der Waals surface area contributed by atoms with Crippen molar-refractivity contribution in [1.29, 1.82) is 0 Å². The van der Waals surface area contributed by atoms with Crippen LogP contribution in [0.2, 0.25) is 0 Å². The van der Waals surface area contributed by atoms with Crippen LogP contribution < -0.4 is 0 Å². The Hall–Kier alpha value is -1.28. The molecular formula is C6H9N3O. The highest BCUT2D eigenvalue weighted by Crippen LogP contribution is 2.01. The van der Waals surface area contributed by atoms with E-state index in [1.807, 2.05) is 6.92 Å². The molecule has 0 N–H and O–H groups in total. The molecule has 0 aliphatic heterocycles. The largest absolute Gasteiger partial charge is 0.287 e. The van der Waals surface area contributed by atoms with Crippen LogP contribution in [0.5, 0.6) is 0 Å². The first-order valence-electron chi connectivity index (χ1n) is 3.00. The average molecular weight is 139 g/mol. The van der Waals surface area contributed by atoms with Crippen molar-refractivity contribution < 1.29 is 4.79 Å². The second-order valence-corrected chi connectivity index (χ2v) is 1.66. The van der Waals surface area contributed by atoms with E-state index in [0.717, 1.165) is 0 Å². The predicted molar refractivity (Wildman–Crippen MR) is 38.2 cm³/mol. The fourth-order valence-electron chi connectivity index (χ4n) is 0.584. The van der Waals surface area contributed by atoms with Gasteiger partial charge in [-0.1, -0.05) is 13.0 Å². The number of carbonyl (C=O) groups excluding carboxylic acids is 1. The summed E-state index contributed by atoms with van der Waals surface area (Å²) in [5.41, 5.74) is 8.44. The fourth-order valence-corrected chi connectivity index (χ4v) is 0.584. The maximum Gasteiger partial charge on any atom is 0.244 e. The van der Waals surface area contributed by atoms with Gasteiger partial charge in [-0.2, -0.15) is 0 Å². The molecule has 4 nitrogen and oxygen atoms in total. The zero-order chi connectivity index (χ0) is 7.98. The Labute approximate surface area is 59.2 Å². The molecule has 0 unspecified atom stereocenters. The van der Waals surface area contributed by atoms with Crippen molar-refractivity contribution >= 4 is 5.91 Å². The van der Waals surface area contributed by atoms with Crippen molar-refractivity contribution in [3.05, 3.63) is 22.1 Å². The molecule has 0 spiro atoms. The summed E-state index contributed by atoms with van der Waals surface area (Å²) in [5.74, 6) is -0.479. The molecule has 0 radical (unpaired) electrons. The molecule has 0 heterocycles. The van der Waals surface area contributed by atoms with Gasteiger partial charge < -0.3 is 0 Å². The molecule has 1 amide bonds. The lowest BCUT2D eigenvalue weighted by molar-refractivity contribution is -0.114. The minimum absolute atomic E-state index is 0.479. The predicted octanol–water partition coefficient (Wildman–Crippen LogP) is 2.18. The highest BCUT2D eigenvalue weighted by atomic mass is 16.1. The number of hydrogen-bond acceptors (Lipinski definition) is 1. The van der Waals surface area contributed by atoms with E-state index in [2.05, 4.69) is 10.0 Å². The van der Waals surface area contributed by atoms with E-state index in [1.54, 1.807) is 13.0 Å². The van der Waals surface area contributed by atoms with Gasteiger partial charge in [0.05, 0.1) is 0 Å². The quantitative estimate of drug-likeness (QED) is 0.250. The van der Waals surface area contributed by atoms with Gasteiger partial charge in [0.1, 0.15) is 0 Å². The number of amides is 1. The van der Waals surface area contributed by atoms with Gasteiger partial charge >= 0.3 is 0 Å². The van der Waals surface area contributed by atoms with Gasteiger partial charge in [-0.05, 0) is 29.6 Å². The van der Waals surface area contributed by atoms with Crippen molar-refractivity contribution in [2.45, 2.75) is 20.3 Å². The standard InChI is InChI=1S/C6H9N3O/c1-3-5(4-2)6(10)8-9-7/h3H,4H2,1-2H3/b5-3+. The van der Waals surface area contributed by atoms with Crippen molar-refractivity contribution in [2.24, 2.45) is 5.11 Å². The summed E-state index contributed by atoms with van der Waals surface area (Å²) in [4.78, 5) is 13.1. The Morgan fingerprint density at radius 3 is 2.70 bits per heavy atom. The molecule has 0 atom stereocenters. The number of rotatable bonds is 2. The smallest absolute Gasteiger partial charge is 0.244 e. The third-order valence-corrected chi connectivity index (χ3v) is 1.14. The molecule has 0 rings (SSSR count). The number of hydrogen-bond donors (Lipinski definition) is 0. The molecule has 0 aromatic rings. The lowest BCUT2D eigenvalue weighted by Crippen LogP contribution is -1.94. The summed E-state index contributed by atoms with van der Waals surface area (Å²) in [6, 6.07) is 0. The maximum absolute atomic E-state index is 10.7. The van der Waals surface area contributed by atoms with Crippen LogP contribution in [0.3, 0.4) is 0 Å². The van der Waals surface area contributed by atoms with Crippen LogP contribution in [-0.2, 0) is 4.79 Å². The average Bonchev–Trinajstić information content (AvgIpc) is 1.91. The van der Waals surface area contributed by atoms with Crippen LogP contribution in [0.4, 0.5) is 0 Å². The number of nitrogens with zero attached hydrogens (tertiary/aromatic N) is 3. The van der Waals surface area contributed by atoms with Crippen LogP contribution in [0.25, 0.3) is 10.4 Å². The Kier molecular flexibility index (Phi) is 4.00. The van der Waals surface area contributed by atoms with Gasteiger partial charge in [-0.25, -0.2) is 0 Å². The van der Waals surface area contributed by atoms with E-state index >= 15 is 0 Å². The Balaban J connectivity index is 4.32. The summed E-state index contributed by atoms with van der Waals surface area (Å²) >= 11 is 0. The van der Waals surface area contributed by atoms with Crippen LogP contribution in [-0.4, -0.2) is 5.91 Å². The van der Waals surface area contributed by atoms with Crippen LogP contribution in [0, 0.1) is 0 Å². The zero-order valence-corrected chi connectivity index (χ0v) is 6.03. The molecular weight excluding hydrogens is 130 g/mol. The van der Waals surface area contributed by atoms with Crippen molar-refractivity contribution in [3.63, 3.8) is 0 Å². The molecule has 0 saturated carbocycles. The number of azide groups is 1. The monoisotopic (exact) mass is 139 g/mol. The van der Waals surface area contributed by atoms with Gasteiger partial charge in [0.2, 0.25) is 5.91 Å². The lowest BCUT2D eigenvalue weighted by Gasteiger charge is -1.92.